The summed E-state index contributed by atoms with van der Waals surface area (Å²) in [5.74, 6) is 0. The quantitative estimate of drug-likeness (QED) is 0.176. The molecule has 6 aromatic heterocycles. The van der Waals surface area contributed by atoms with E-state index in [9.17, 15) is 0 Å². The van der Waals surface area contributed by atoms with Crippen LogP contribution in [0.2, 0.25) is 0 Å². The molecule has 356 valence electrons. The molecule has 7 nitrogen and oxygen atoms in total. The molecular formula is C70H41N7. The zero-order chi connectivity index (χ0) is 50.1. The minimum Gasteiger partial charge on any atom is -0.310 e. The highest BCUT2D eigenvalue weighted by molar-refractivity contribution is 6.11. The highest BCUT2D eigenvalue weighted by Crippen LogP contribution is 2.68. The van der Waals surface area contributed by atoms with Crippen LogP contribution in [0.3, 0.4) is 0 Å². The van der Waals surface area contributed by atoms with Crippen LogP contribution in [0.4, 0.5) is 17.1 Å². The standard InChI is InChI=1S/C70H41N7/c1-2-18-42(19-3-1)75-63-33-15-10-26-52(63)70(56-38-50-45-20-4-9-25-51(45)69(55(50)39-64(56)75)53-27-16-34-71-65(53)66-54(69)28-17-35-72-66)57-36-43(76-59-29-11-5-21-46(59)47-22-6-12-30-60(47)76)40-73-67(57)68-58(70)37-44(41-74-68)77-61-31-13-7-23-48(61)49-24-8-14-32-62(49)77/h1-41H. The highest BCUT2D eigenvalue weighted by atomic mass is 15.2. The minimum atomic E-state index is -0.931. The number of para-hydroxylation sites is 6. The Kier molecular flexibility index (Phi) is 7.88. The van der Waals surface area contributed by atoms with Crippen molar-refractivity contribution in [2.24, 2.45) is 0 Å². The lowest BCUT2D eigenvalue weighted by molar-refractivity contribution is 0.742. The van der Waals surface area contributed by atoms with Gasteiger partial charge in [-0.1, -0.05) is 146 Å². The van der Waals surface area contributed by atoms with Crippen LogP contribution in [0.25, 0.3) is 88.9 Å². The topological polar surface area (TPSA) is 64.7 Å². The highest BCUT2D eigenvalue weighted by Gasteiger charge is 2.57. The minimum absolute atomic E-state index is 0.678. The van der Waals surface area contributed by atoms with E-state index in [2.05, 4.69) is 251 Å². The van der Waals surface area contributed by atoms with E-state index in [1.807, 2.05) is 12.4 Å². The van der Waals surface area contributed by atoms with Gasteiger partial charge in [0.1, 0.15) is 0 Å². The summed E-state index contributed by atoms with van der Waals surface area (Å²) >= 11 is 0. The van der Waals surface area contributed by atoms with Gasteiger partial charge in [0.05, 0.1) is 90.8 Å². The van der Waals surface area contributed by atoms with Crippen LogP contribution >= 0.6 is 0 Å². The van der Waals surface area contributed by atoms with Crippen LogP contribution in [0.5, 0.6) is 0 Å². The average Bonchev–Trinajstić information content (AvgIpc) is 4.40. The molecule has 0 atom stereocenters. The first kappa shape index (κ1) is 41.1. The fraction of sp³-hybridized carbons (Fsp3) is 0.0286. The molecule has 0 radical (unpaired) electrons. The second-order valence-corrected chi connectivity index (χ2v) is 20.9. The second-order valence-electron chi connectivity index (χ2n) is 20.9. The predicted molar refractivity (Wildman–Crippen MR) is 308 cm³/mol. The van der Waals surface area contributed by atoms with E-state index in [1.165, 1.54) is 43.8 Å². The number of pyridine rings is 4. The van der Waals surface area contributed by atoms with E-state index >= 15 is 0 Å². The van der Waals surface area contributed by atoms with Crippen molar-refractivity contribution < 1.29 is 0 Å². The molecule has 0 N–H and O–H groups in total. The molecule has 14 aromatic rings. The summed E-state index contributed by atoms with van der Waals surface area (Å²) in [4.78, 5) is 24.0. The van der Waals surface area contributed by atoms with Crippen LogP contribution in [-0.4, -0.2) is 29.1 Å². The molecule has 2 spiro atoms. The molecule has 8 aromatic carbocycles. The maximum atomic E-state index is 5.63. The molecule has 0 fully saturated rings. The van der Waals surface area contributed by atoms with Crippen LogP contribution in [0.1, 0.15) is 44.5 Å². The van der Waals surface area contributed by atoms with Gasteiger partial charge < -0.3 is 14.0 Å². The van der Waals surface area contributed by atoms with Crippen molar-refractivity contribution >= 4 is 60.7 Å². The third-order valence-corrected chi connectivity index (χ3v) is 17.5. The molecule has 0 saturated carbocycles. The van der Waals surface area contributed by atoms with Gasteiger partial charge in [0.2, 0.25) is 0 Å². The Balaban J connectivity index is 1.02. The zero-order valence-corrected chi connectivity index (χ0v) is 41.3. The molecule has 7 heterocycles. The van der Waals surface area contributed by atoms with Crippen molar-refractivity contribution in [3.8, 4) is 45.3 Å². The van der Waals surface area contributed by atoms with E-state index in [4.69, 9.17) is 19.9 Å². The predicted octanol–water partition coefficient (Wildman–Crippen LogP) is 16.0. The number of anilines is 3. The van der Waals surface area contributed by atoms with Gasteiger partial charge in [-0.3, -0.25) is 19.9 Å². The molecule has 0 unspecified atom stereocenters. The van der Waals surface area contributed by atoms with Gasteiger partial charge in [0.15, 0.2) is 0 Å². The molecular weight excluding hydrogens is 939 g/mol. The molecule has 0 amide bonds. The smallest absolute Gasteiger partial charge is 0.0939 e. The van der Waals surface area contributed by atoms with Gasteiger partial charge in [-0.05, 0) is 123 Å². The lowest BCUT2D eigenvalue weighted by atomic mass is 9.63. The molecule has 0 bridgehead atoms. The monoisotopic (exact) mass is 979 g/mol. The van der Waals surface area contributed by atoms with Crippen molar-refractivity contribution in [1.29, 1.82) is 0 Å². The second kappa shape index (κ2) is 14.7. The van der Waals surface area contributed by atoms with Gasteiger partial charge in [0, 0.05) is 50.8 Å². The number of aromatic nitrogens is 6. The van der Waals surface area contributed by atoms with Gasteiger partial charge in [-0.25, -0.2) is 0 Å². The first-order valence-electron chi connectivity index (χ1n) is 26.4. The number of hydrogen-bond acceptors (Lipinski definition) is 5. The first-order valence-corrected chi connectivity index (χ1v) is 26.4. The third kappa shape index (κ3) is 4.98. The van der Waals surface area contributed by atoms with Crippen molar-refractivity contribution in [2.75, 3.05) is 4.90 Å². The summed E-state index contributed by atoms with van der Waals surface area (Å²) in [5, 5.41) is 4.81. The lowest BCUT2D eigenvalue weighted by Crippen LogP contribution is -2.37. The molecule has 18 rings (SSSR count). The summed E-state index contributed by atoms with van der Waals surface area (Å²) < 4.78 is 4.80. The summed E-state index contributed by atoms with van der Waals surface area (Å²) in [6.45, 7) is 0. The van der Waals surface area contributed by atoms with E-state index < -0.39 is 10.8 Å². The van der Waals surface area contributed by atoms with E-state index in [1.54, 1.807) is 0 Å². The van der Waals surface area contributed by atoms with Crippen molar-refractivity contribution in [1.82, 2.24) is 29.1 Å². The Morgan fingerprint density at radius 2 is 0.714 bits per heavy atom. The Morgan fingerprint density at radius 3 is 1.27 bits per heavy atom. The number of hydrogen-bond donors (Lipinski definition) is 0. The van der Waals surface area contributed by atoms with E-state index in [0.717, 1.165) is 107 Å². The maximum absolute atomic E-state index is 5.63. The summed E-state index contributed by atoms with van der Waals surface area (Å²) in [7, 11) is 0. The number of benzene rings is 8. The number of fused-ring (bicyclic) bond motifs is 25. The van der Waals surface area contributed by atoms with Gasteiger partial charge >= 0.3 is 0 Å². The fourth-order valence-corrected chi connectivity index (χ4v) is 14.7. The molecule has 0 saturated heterocycles. The summed E-state index contributed by atoms with van der Waals surface area (Å²) in [6, 6.07) is 82.6. The van der Waals surface area contributed by atoms with Crippen molar-refractivity contribution in [2.45, 2.75) is 10.8 Å². The summed E-state index contributed by atoms with van der Waals surface area (Å²) in [6.07, 6.45) is 7.94. The van der Waals surface area contributed by atoms with Gasteiger partial charge in [-0.15, -0.1) is 0 Å². The molecule has 4 aliphatic rings. The molecule has 77 heavy (non-hydrogen) atoms. The SMILES string of the molecule is c1ccc(N2c3ccccc3C3(c4cc5c(cc42)C2(c4ccccc4-5)c4cccnc4-c4ncccc42)c2cc(-n4c5ccccc5c5ccccc54)cnc2-c2ncc(-n4c5ccccc5c5ccccc54)cc23)cc1. The first-order chi connectivity index (χ1) is 38.2. The van der Waals surface area contributed by atoms with Crippen LogP contribution in [-0.2, 0) is 10.8 Å². The Bertz CT molecular complexity index is 4590. The van der Waals surface area contributed by atoms with Crippen molar-refractivity contribution in [3.63, 3.8) is 0 Å². The van der Waals surface area contributed by atoms with Gasteiger partial charge in [-0.2, -0.15) is 0 Å². The lowest BCUT2D eigenvalue weighted by Gasteiger charge is -2.45. The third-order valence-electron chi connectivity index (χ3n) is 17.5. The normalized spacial score (nSPS) is 14.4. The van der Waals surface area contributed by atoms with Gasteiger partial charge in [0.25, 0.3) is 0 Å². The Morgan fingerprint density at radius 1 is 0.273 bits per heavy atom. The number of rotatable bonds is 3. The summed E-state index contributed by atoms with van der Waals surface area (Å²) in [5.41, 5.74) is 23.4. The van der Waals surface area contributed by atoms with Crippen LogP contribution in [0.15, 0.2) is 249 Å². The molecule has 3 aliphatic carbocycles. The van der Waals surface area contributed by atoms with Crippen LogP contribution in [0, 0.1) is 0 Å². The van der Waals surface area contributed by atoms with E-state index in [0.29, 0.717) is 0 Å². The average molecular weight is 980 g/mol. The number of nitrogens with zero attached hydrogens (tertiary/aromatic N) is 7. The zero-order valence-electron chi connectivity index (χ0n) is 41.3. The van der Waals surface area contributed by atoms with Crippen molar-refractivity contribution in [3.05, 3.63) is 294 Å². The Labute approximate surface area is 442 Å². The van der Waals surface area contributed by atoms with E-state index in [-0.39, 0.29) is 0 Å². The van der Waals surface area contributed by atoms with Crippen LogP contribution < -0.4 is 4.90 Å². The molecule has 1 aliphatic heterocycles. The maximum Gasteiger partial charge on any atom is 0.0939 e. The largest absolute Gasteiger partial charge is 0.310 e. The molecule has 7 heteroatoms. The Hall–Kier alpha value is -10.2. The fourth-order valence-electron chi connectivity index (χ4n) is 14.7.